The second kappa shape index (κ2) is 7.75. The minimum Gasteiger partial charge on any atom is -0.490 e. The molecule has 0 bridgehead atoms. The highest BCUT2D eigenvalue weighted by Crippen LogP contribution is 2.28. The van der Waals surface area contributed by atoms with Crippen molar-refractivity contribution in [1.82, 2.24) is 5.32 Å². The van der Waals surface area contributed by atoms with Gasteiger partial charge in [-0.25, -0.2) is 0 Å². The van der Waals surface area contributed by atoms with Gasteiger partial charge in [-0.3, -0.25) is 4.79 Å². The van der Waals surface area contributed by atoms with Crippen LogP contribution in [0.25, 0.3) is 0 Å². The summed E-state index contributed by atoms with van der Waals surface area (Å²) in [7, 11) is 0. The molecule has 0 saturated heterocycles. The molecule has 0 spiro atoms. The lowest BCUT2D eigenvalue weighted by Gasteiger charge is -2.13. The first-order chi connectivity index (χ1) is 9.88. The molecule has 0 fully saturated rings. The van der Waals surface area contributed by atoms with E-state index in [1.54, 1.807) is 18.2 Å². The van der Waals surface area contributed by atoms with Crippen LogP contribution in [0.4, 0.5) is 13.2 Å². The van der Waals surface area contributed by atoms with Gasteiger partial charge >= 0.3 is 12.1 Å². The van der Waals surface area contributed by atoms with E-state index in [0.29, 0.717) is 24.7 Å². The smallest absolute Gasteiger partial charge is 0.471 e. The number of hydrogen-bond donors (Lipinski definition) is 1. The van der Waals surface area contributed by atoms with Crippen LogP contribution in [0.5, 0.6) is 11.5 Å². The molecule has 0 radical (unpaired) electrons. The van der Waals surface area contributed by atoms with E-state index in [1.165, 1.54) is 0 Å². The monoisotopic (exact) mass is 305 g/mol. The number of carbonyl (C=O) groups excluding carboxylic acids is 1. The summed E-state index contributed by atoms with van der Waals surface area (Å²) in [6.45, 7) is 4.51. The Morgan fingerprint density at radius 3 is 2.33 bits per heavy atom. The van der Waals surface area contributed by atoms with Crippen LogP contribution in [0.2, 0.25) is 0 Å². The molecule has 4 nitrogen and oxygen atoms in total. The largest absolute Gasteiger partial charge is 0.490 e. The molecule has 0 heterocycles. The van der Waals surface area contributed by atoms with Crippen LogP contribution in [-0.4, -0.2) is 31.8 Å². The fourth-order valence-corrected chi connectivity index (χ4v) is 1.67. The molecule has 1 aromatic rings. The number of amides is 1. The highest BCUT2D eigenvalue weighted by atomic mass is 19.4. The lowest BCUT2D eigenvalue weighted by molar-refractivity contribution is -0.173. The van der Waals surface area contributed by atoms with Gasteiger partial charge in [-0.15, -0.1) is 0 Å². The van der Waals surface area contributed by atoms with Crippen LogP contribution < -0.4 is 14.8 Å². The maximum Gasteiger partial charge on any atom is 0.471 e. The van der Waals surface area contributed by atoms with Gasteiger partial charge in [0.1, 0.15) is 0 Å². The standard InChI is InChI=1S/C14H18F3NO3/c1-3-20-11-6-5-10(9-12(11)21-4-2)7-8-18-13(19)14(15,16)17/h5-6,9H,3-4,7-8H2,1-2H3,(H,18,19). The van der Waals surface area contributed by atoms with Crippen LogP contribution >= 0.6 is 0 Å². The number of benzene rings is 1. The van der Waals surface area contributed by atoms with Crippen molar-refractivity contribution in [3.8, 4) is 11.5 Å². The minimum atomic E-state index is -4.85. The van der Waals surface area contributed by atoms with E-state index in [-0.39, 0.29) is 13.0 Å². The summed E-state index contributed by atoms with van der Waals surface area (Å²) in [5, 5.41) is 1.83. The van der Waals surface area contributed by atoms with Crippen molar-refractivity contribution in [3.63, 3.8) is 0 Å². The zero-order chi connectivity index (χ0) is 15.9. The van der Waals surface area contributed by atoms with E-state index in [4.69, 9.17) is 9.47 Å². The molecule has 1 N–H and O–H groups in total. The highest BCUT2D eigenvalue weighted by Gasteiger charge is 2.38. The molecule has 0 aliphatic carbocycles. The van der Waals surface area contributed by atoms with Crippen LogP contribution in [0.3, 0.4) is 0 Å². The van der Waals surface area contributed by atoms with Gasteiger partial charge in [0.05, 0.1) is 13.2 Å². The van der Waals surface area contributed by atoms with E-state index in [1.807, 2.05) is 19.2 Å². The molecule has 118 valence electrons. The third-order valence-electron chi connectivity index (χ3n) is 2.56. The lowest BCUT2D eigenvalue weighted by Crippen LogP contribution is -2.37. The first-order valence-corrected chi connectivity index (χ1v) is 6.62. The van der Waals surface area contributed by atoms with E-state index in [2.05, 4.69) is 0 Å². The van der Waals surface area contributed by atoms with E-state index >= 15 is 0 Å². The van der Waals surface area contributed by atoms with Gasteiger partial charge in [-0.05, 0) is 38.0 Å². The molecule has 0 aromatic heterocycles. The van der Waals surface area contributed by atoms with Crippen molar-refractivity contribution in [2.45, 2.75) is 26.4 Å². The summed E-state index contributed by atoms with van der Waals surface area (Å²) in [6, 6.07) is 5.14. The maximum absolute atomic E-state index is 12.0. The number of hydrogen-bond acceptors (Lipinski definition) is 3. The van der Waals surface area contributed by atoms with Gasteiger partial charge in [-0.1, -0.05) is 6.07 Å². The number of nitrogens with one attached hydrogen (secondary N) is 1. The van der Waals surface area contributed by atoms with Gasteiger partial charge in [0, 0.05) is 6.54 Å². The average molecular weight is 305 g/mol. The third kappa shape index (κ3) is 5.53. The van der Waals surface area contributed by atoms with Gasteiger partial charge in [0.15, 0.2) is 11.5 Å². The summed E-state index contributed by atoms with van der Waals surface area (Å²) >= 11 is 0. The first-order valence-electron chi connectivity index (χ1n) is 6.62. The van der Waals surface area contributed by atoms with Crippen LogP contribution in [0.1, 0.15) is 19.4 Å². The Morgan fingerprint density at radius 2 is 1.76 bits per heavy atom. The van der Waals surface area contributed by atoms with Crippen LogP contribution in [-0.2, 0) is 11.2 Å². The van der Waals surface area contributed by atoms with Crippen molar-refractivity contribution in [2.75, 3.05) is 19.8 Å². The quantitative estimate of drug-likeness (QED) is 0.842. The van der Waals surface area contributed by atoms with Gasteiger partial charge in [-0.2, -0.15) is 13.2 Å². The van der Waals surface area contributed by atoms with Gasteiger partial charge in [0.25, 0.3) is 0 Å². The van der Waals surface area contributed by atoms with Crippen molar-refractivity contribution >= 4 is 5.91 Å². The molecule has 7 heteroatoms. The van der Waals surface area contributed by atoms with Crippen LogP contribution in [0.15, 0.2) is 18.2 Å². The molecule has 1 rings (SSSR count). The number of ether oxygens (including phenoxy) is 2. The van der Waals surface area contributed by atoms with Crippen molar-refractivity contribution in [3.05, 3.63) is 23.8 Å². The molecule has 0 saturated carbocycles. The molecule has 0 unspecified atom stereocenters. The predicted octanol–water partition coefficient (Wildman–Crippen LogP) is 2.71. The summed E-state index contributed by atoms with van der Waals surface area (Å²) in [4.78, 5) is 10.7. The molecule has 1 aromatic carbocycles. The topological polar surface area (TPSA) is 47.6 Å². The predicted molar refractivity (Wildman–Crippen MR) is 71.5 cm³/mol. The average Bonchev–Trinajstić information content (AvgIpc) is 2.41. The number of halogens is 3. The summed E-state index contributed by atoms with van der Waals surface area (Å²) in [5.74, 6) is -0.806. The fourth-order valence-electron chi connectivity index (χ4n) is 1.67. The van der Waals surface area contributed by atoms with E-state index < -0.39 is 12.1 Å². The number of carbonyl (C=O) groups is 1. The van der Waals surface area contributed by atoms with Crippen molar-refractivity contribution in [2.24, 2.45) is 0 Å². The molecule has 0 atom stereocenters. The normalized spacial score (nSPS) is 11.1. The Kier molecular flexibility index (Phi) is 6.33. The fraction of sp³-hybridized carbons (Fsp3) is 0.500. The summed E-state index contributed by atoms with van der Waals surface area (Å²) in [5.41, 5.74) is 0.754. The first kappa shape index (κ1) is 17.1. The van der Waals surface area contributed by atoms with Crippen molar-refractivity contribution < 1.29 is 27.4 Å². The Bertz CT molecular complexity index is 475. The zero-order valence-corrected chi connectivity index (χ0v) is 11.9. The van der Waals surface area contributed by atoms with Gasteiger partial charge < -0.3 is 14.8 Å². The van der Waals surface area contributed by atoms with E-state index in [9.17, 15) is 18.0 Å². The second-order valence-corrected chi connectivity index (χ2v) is 4.15. The van der Waals surface area contributed by atoms with Gasteiger partial charge in [0.2, 0.25) is 0 Å². The minimum absolute atomic E-state index is 0.0993. The third-order valence-corrected chi connectivity index (χ3v) is 2.56. The number of rotatable bonds is 7. The Labute approximate surface area is 121 Å². The summed E-state index contributed by atoms with van der Waals surface area (Å²) < 4.78 is 46.9. The Morgan fingerprint density at radius 1 is 1.14 bits per heavy atom. The second-order valence-electron chi connectivity index (χ2n) is 4.15. The maximum atomic E-state index is 12.0. The van der Waals surface area contributed by atoms with Crippen molar-refractivity contribution in [1.29, 1.82) is 0 Å². The van der Waals surface area contributed by atoms with E-state index in [0.717, 1.165) is 5.56 Å². The number of alkyl halides is 3. The highest BCUT2D eigenvalue weighted by molar-refractivity contribution is 5.81. The molecule has 0 aliphatic rings. The van der Waals surface area contributed by atoms with Crippen LogP contribution in [0, 0.1) is 0 Å². The lowest BCUT2D eigenvalue weighted by atomic mass is 10.1. The SMILES string of the molecule is CCOc1ccc(CCNC(=O)C(F)(F)F)cc1OCC. The summed E-state index contributed by atoms with van der Waals surface area (Å²) in [6.07, 6.45) is -4.58. The zero-order valence-electron chi connectivity index (χ0n) is 11.9. The molecule has 21 heavy (non-hydrogen) atoms. The molecule has 1 amide bonds. The molecular formula is C14H18F3NO3. The Hall–Kier alpha value is -1.92. The molecular weight excluding hydrogens is 287 g/mol. The Balaban J connectivity index is 2.63. The molecule has 0 aliphatic heterocycles.